The van der Waals surface area contributed by atoms with Gasteiger partial charge in [0.25, 0.3) is 0 Å². The largest absolute Gasteiger partial charge is 0.512 e. The number of hydrogen-bond donors (Lipinski definition) is 0. The Bertz CT molecular complexity index is 475. The third-order valence-corrected chi connectivity index (χ3v) is 4.18. The molecule has 0 aliphatic heterocycles. The van der Waals surface area contributed by atoms with Crippen molar-refractivity contribution in [3.63, 3.8) is 0 Å². The van der Waals surface area contributed by atoms with Crippen LogP contribution in [0.2, 0.25) is 0 Å². The molecule has 0 radical (unpaired) electrons. The lowest BCUT2D eigenvalue weighted by Gasteiger charge is -2.32. The highest BCUT2D eigenvalue weighted by Crippen LogP contribution is 2.32. The van der Waals surface area contributed by atoms with E-state index in [4.69, 9.17) is 4.74 Å². The fraction of sp³-hybridized carbons (Fsp3) is 0.571. The second-order valence-corrected chi connectivity index (χ2v) is 5.77. The molecule has 0 amide bonds. The first-order valence-corrected chi connectivity index (χ1v) is 6.93. The standard InChI is InChI=1S/C14H18BF4O/c1-9-3-4-11(7-10(9)2)20-12-5-6-13(14(16)8-12)15(17,18)19/h5-6,8-11H,3-4,7H2,1-2H3/q-1. The van der Waals surface area contributed by atoms with Crippen molar-refractivity contribution < 1.29 is 22.1 Å². The number of halogens is 4. The van der Waals surface area contributed by atoms with Crippen molar-refractivity contribution in [2.75, 3.05) is 0 Å². The Labute approximate surface area is 116 Å². The van der Waals surface area contributed by atoms with Gasteiger partial charge in [-0.15, -0.1) is 0 Å². The Balaban J connectivity index is 2.06. The molecule has 1 saturated carbocycles. The highest BCUT2D eigenvalue weighted by Gasteiger charge is 2.30. The van der Waals surface area contributed by atoms with Crippen LogP contribution in [0.25, 0.3) is 0 Å². The monoisotopic (exact) mass is 289 g/mol. The van der Waals surface area contributed by atoms with Gasteiger partial charge in [-0.1, -0.05) is 25.4 Å². The first kappa shape index (κ1) is 15.2. The van der Waals surface area contributed by atoms with Crippen LogP contribution in [0.15, 0.2) is 18.2 Å². The van der Waals surface area contributed by atoms with Gasteiger partial charge in [0.2, 0.25) is 0 Å². The van der Waals surface area contributed by atoms with Crippen molar-refractivity contribution in [3.8, 4) is 5.75 Å². The van der Waals surface area contributed by atoms with E-state index in [1.54, 1.807) is 0 Å². The molecule has 0 aromatic heterocycles. The Morgan fingerprint density at radius 1 is 1.10 bits per heavy atom. The summed E-state index contributed by atoms with van der Waals surface area (Å²) < 4.78 is 56.6. The van der Waals surface area contributed by atoms with Crippen molar-refractivity contribution in [3.05, 3.63) is 24.0 Å². The molecule has 1 aromatic rings. The van der Waals surface area contributed by atoms with Crippen molar-refractivity contribution >= 4 is 12.4 Å². The maximum atomic E-state index is 13.5. The summed E-state index contributed by atoms with van der Waals surface area (Å²) in [5.74, 6) is 0.0588. The maximum absolute atomic E-state index is 13.5. The zero-order valence-corrected chi connectivity index (χ0v) is 11.6. The molecule has 0 bridgehead atoms. The minimum absolute atomic E-state index is 0.0390. The van der Waals surface area contributed by atoms with Gasteiger partial charge in [-0.3, -0.25) is 0 Å². The molecule has 0 N–H and O–H groups in total. The number of benzene rings is 1. The molecular formula is C14H18BF4O-. The average molecular weight is 289 g/mol. The molecule has 1 aliphatic carbocycles. The lowest BCUT2D eigenvalue weighted by molar-refractivity contribution is 0.100. The lowest BCUT2D eigenvalue weighted by atomic mass is 9.79. The third-order valence-electron chi connectivity index (χ3n) is 4.18. The minimum atomic E-state index is -5.31. The summed E-state index contributed by atoms with van der Waals surface area (Å²) in [6.07, 6.45) is 2.70. The maximum Gasteiger partial charge on any atom is 0.512 e. The van der Waals surface area contributed by atoms with Gasteiger partial charge in [-0.25, -0.2) is 4.39 Å². The predicted octanol–water partition coefficient (Wildman–Crippen LogP) is 4.08. The fourth-order valence-electron chi connectivity index (χ4n) is 2.64. The van der Waals surface area contributed by atoms with Gasteiger partial charge in [0.1, 0.15) is 5.75 Å². The summed E-state index contributed by atoms with van der Waals surface area (Å²) in [6.45, 7) is -0.999. The molecule has 6 heteroatoms. The summed E-state index contributed by atoms with van der Waals surface area (Å²) in [7, 11) is 0. The second kappa shape index (κ2) is 5.66. The van der Waals surface area contributed by atoms with E-state index in [2.05, 4.69) is 13.8 Å². The predicted molar refractivity (Wildman–Crippen MR) is 71.7 cm³/mol. The Hall–Kier alpha value is -1.20. The van der Waals surface area contributed by atoms with Crippen molar-refractivity contribution in [2.24, 2.45) is 11.8 Å². The molecular weight excluding hydrogens is 271 g/mol. The Morgan fingerprint density at radius 3 is 2.35 bits per heavy atom. The molecule has 1 fully saturated rings. The number of hydrogen-bond acceptors (Lipinski definition) is 1. The van der Waals surface area contributed by atoms with E-state index in [9.17, 15) is 17.3 Å². The Kier molecular flexibility index (Phi) is 4.30. The van der Waals surface area contributed by atoms with Crippen LogP contribution in [-0.4, -0.2) is 13.1 Å². The van der Waals surface area contributed by atoms with Gasteiger partial charge < -0.3 is 17.7 Å². The van der Waals surface area contributed by atoms with Crippen LogP contribution in [0.3, 0.4) is 0 Å². The van der Waals surface area contributed by atoms with Crippen LogP contribution in [0, 0.1) is 17.7 Å². The zero-order valence-electron chi connectivity index (χ0n) is 11.6. The summed E-state index contributed by atoms with van der Waals surface area (Å²) >= 11 is 0. The van der Waals surface area contributed by atoms with E-state index in [1.165, 1.54) is 6.07 Å². The minimum Gasteiger partial charge on any atom is -0.490 e. The van der Waals surface area contributed by atoms with Gasteiger partial charge in [0.15, 0.2) is 0 Å². The zero-order chi connectivity index (χ0) is 14.9. The summed E-state index contributed by atoms with van der Waals surface area (Å²) in [4.78, 5) is 0. The molecule has 0 spiro atoms. The van der Waals surface area contributed by atoms with Crippen LogP contribution < -0.4 is 10.2 Å². The molecule has 112 valence electrons. The quantitative estimate of drug-likeness (QED) is 0.601. The molecule has 1 aliphatic rings. The van der Waals surface area contributed by atoms with Crippen molar-refractivity contribution in [1.29, 1.82) is 0 Å². The normalized spacial score (nSPS) is 27.4. The van der Waals surface area contributed by atoms with E-state index in [0.29, 0.717) is 11.8 Å². The topological polar surface area (TPSA) is 9.23 Å². The smallest absolute Gasteiger partial charge is 0.490 e. The van der Waals surface area contributed by atoms with Gasteiger partial charge in [-0.2, -0.15) is 0 Å². The van der Waals surface area contributed by atoms with Crippen LogP contribution in [0.1, 0.15) is 33.1 Å². The molecule has 0 saturated heterocycles. The SMILES string of the molecule is CC1CCC(Oc2ccc([B-](F)(F)F)c(F)c2)CC1C. The average Bonchev–Trinajstić information content (AvgIpc) is 2.32. The lowest BCUT2D eigenvalue weighted by Crippen LogP contribution is -2.36. The first-order valence-electron chi connectivity index (χ1n) is 6.93. The first-order chi connectivity index (χ1) is 9.27. The summed E-state index contributed by atoms with van der Waals surface area (Å²) in [5, 5.41) is 0. The molecule has 3 unspecified atom stereocenters. The van der Waals surface area contributed by atoms with E-state index < -0.39 is 18.3 Å². The van der Waals surface area contributed by atoms with Gasteiger partial charge in [0, 0.05) is 6.07 Å². The Morgan fingerprint density at radius 2 is 1.80 bits per heavy atom. The van der Waals surface area contributed by atoms with E-state index in [1.807, 2.05) is 0 Å². The van der Waals surface area contributed by atoms with E-state index in [-0.39, 0.29) is 11.9 Å². The van der Waals surface area contributed by atoms with E-state index >= 15 is 0 Å². The van der Waals surface area contributed by atoms with Gasteiger partial charge in [0.05, 0.1) is 11.9 Å². The molecule has 20 heavy (non-hydrogen) atoms. The number of ether oxygens (including phenoxy) is 1. The highest BCUT2D eigenvalue weighted by atomic mass is 19.4. The van der Waals surface area contributed by atoms with Crippen LogP contribution in [0.5, 0.6) is 5.75 Å². The summed E-state index contributed by atoms with van der Waals surface area (Å²) in [5.41, 5.74) is -1.19. The number of rotatable bonds is 3. The van der Waals surface area contributed by atoms with Crippen LogP contribution >= 0.6 is 0 Å². The third kappa shape index (κ3) is 3.47. The molecule has 1 aromatic carbocycles. The molecule has 2 rings (SSSR count). The highest BCUT2D eigenvalue weighted by molar-refractivity contribution is 6.73. The molecule has 3 atom stereocenters. The van der Waals surface area contributed by atoms with Gasteiger partial charge >= 0.3 is 6.98 Å². The van der Waals surface area contributed by atoms with Crippen LogP contribution in [-0.2, 0) is 0 Å². The summed E-state index contributed by atoms with van der Waals surface area (Å²) in [6, 6.07) is 2.81. The van der Waals surface area contributed by atoms with Gasteiger partial charge in [-0.05, 0) is 37.2 Å². The van der Waals surface area contributed by atoms with E-state index in [0.717, 1.165) is 31.4 Å². The second-order valence-electron chi connectivity index (χ2n) is 5.77. The molecule has 1 nitrogen and oxygen atoms in total. The fourth-order valence-corrected chi connectivity index (χ4v) is 2.64. The molecule has 0 heterocycles. The van der Waals surface area contributed by atoms with Crippen LogP contribution in [0.4, 0.5) is 17.3 Å². The van der Waals surface area contributed by atoms with Crippen molar-refractivity contribution in [1.82, 2.24) is 0 Å². The van der Waals surface area contributed by atoms with Crippen molar-refractivity contribution in [2.45, 2.75) is 39.2 Å².